The molecule has 41 heavy (non-hydrogen) atoms. The van der Waals surface area contributed by atoms with Gasteiger partial charge in [0.05, 0.1) is 12.6 Å². The van der Waals surface area contributed by atoms with Crippen LogP contribution in [0, 0.1) is 17.8 Å². The van der Waals surface area contributed by atoms with Crippen molar-refractivity contribution in [3.63, 3.8) is 0 Å². The molecule has 0 aliphatic carbocycles. The molecule has 0 aliphatic heterocycles. The summed E-state index contributed by atoms with van der Waals surface area (Å²) in [5.74, 6) is -5.04. The number of carboxylic acids is 1. The van der Waals surface area contributed by atoms with Gasteiger partial charge in [0.2, 0.25) is 23.6 Å². The van der Waals surface area contributed by atoms with Gasteiger partial charge in [-0.3, -0.25) is 19.2 Å². The lowest BCUT2D eigenvalue weighted by molar-refractivity contribution is -0.144. The van der Waals surface area contributed by atoms with E-state index in [1.165, 1.54) is 0 Å². The van der Waals surface area contributed by atoms with Gasteiger partial charge in [-0.2, -0.15) is 0 Å². The van der Waals surface area contributed by atoms with E-state index in [1.54, 1.807) is 34.6 Å². The molecule has 0 saturated carbocycles. The second-order valence-electron chi connectivity index (χ2n) is 10.9. The smallest absolute Gasteiger partial charge is 0.326 e. The Bertz CT molecular complexity index is 1020. The van der Waals surface area contributed by atoms with Crippen LogP contribution in [0.15, 0.2) is 30.3 Å². The van der Waals surface area contributed by atoms with E-state index in [0.29, 0.717) is 12.8 Å². The molecule has 7 atom stereocenters. The normalized spacial score (nSPS) is 16.3. The van der Waals surface area contributed by atoms with E-state index in [4.69, 9.17) is 5.73 Å². The van der Waals surface area contributed by atoms with E-state index in [2.05, 4.69) is 21.3 Å². The Balaban J connectivity index is 2.99. The standard InChI is InChI=1S/C29H47N5O7/c1-7-17(5)23(33-25(36)20(30)14-19-12-10-9-11-13-19)28(39)32-22(16(3)4)27(38)31-21(15-35)26(37)34-24(29(40)41)18(6)8-2/h9-13,16-18,20-24,35H,7-8,14-15,30H2,1-6H3,(H,31,38)(H,32,39)(H,33,36)(H,34,37)(H,40,41)/t17-,18-,20-,21-,22-,23-,24-/m0/s1. The van der Waals surface area contributed by atoms with Crippen LogP contribution in [-0.2, 0) is 30.4 Å². The Morgan fingerprint density at radius 3 is 1.71 bits per heavy atom. The number of nitrogens with two attached hydrogens (primary N) is 1. The Hall–Kier alpha value is -3.51. The van der Waals surface area contributed by atoms with Gasteiger partial charge in [-0.05, 0) is 29.7 Å². The highest BCUT2D eigenvalue weighted by Crippen LogP contribution is 2.12. The number of benzene rings is 1. The van der Waals surface area contributed by atoms with Crippen LogP contribution in [0.4, 0.5) is 0 Å². The molecule has 0 unspecified atom stereocenters. The SMILES string of the molecule is CC[C@H](C)[C@H](NC(=O)[C@H](CO)NC(=O)[C@@H](NC(=O)[C@@H](NC(=O)[C@@H](N)Cc1ccccc1)[C@@H](C)CC)C(C)C)C(=O)O. The summed E-state index contributed by atoms with van der Waals surface area (Å²) < 4.78 is 0. The van der Waals surface area contributed by atoms with Crippen LogP contribution in [0.2, 0.25) is 0 Å². The van der Waals surface area contributed by atoms with E-state index < -0.39 is 72.3 Å². The van der Waals surface area contributed by atoms with Crippen molar-refractivity contribution >= 4 is 29.6 Å². The average molecular weight is 578 g/mol. The zero-order chi connectivity index (χ0) is 31.3. The maximum atomic E-state index is 13.4. The molecule has 12 heteroatoms. The molecule has 0 radical (unpaired) electrons. The van der Waals surface area contributed by atoms with Crippen LogP contribution in [0.3, 0.4) is 0 Å². The lowest BCUT2D eigenvalue weighted by Crippen LogP contribution is -2.61. The largest absolute Gasteiger partial charge is 0.480 e. The highest BCUT2D eigenvalue weighted by molar-refractivity contribution is 5.95. The summed E-state index contributed by atoms with van der Waals surface area (Å²) in [6.45, 7) is 9.69. The number of nitrogens with one attached hydrogen (secondary N) is 4. The molecule has 1 aromatic rings. The number of hydrogen-bond acceptors (Lipinski definition) is 7. The van der Waals surface area contributed by atoms with E-state index in [-0.39, 0.29) is 18.3 Å². The van der Waals surface area contributed by atoms with Crippen molar-refractivity contribution < 1.29 is 34.2 Å². The fraction of sp³-hybridized carbons (Fsp3) is 0.621. The molecular weight excluding hydrogens is 530 g/mol. The minimum atomic E-state index is -1.44. The summed E-state index contributed by atoms with van der Waals surface area (Å²) in [6, 6.07) is 3.61. The summed E-state index contributed by atoms with van der Waals surface area (Å²) in [5, 5.41) is 29.4. The quantitative estimate of drug-likeness (QED) is 0.137. The van der Waals surface area contributed by atoms with E-state index in [1.807, 2.05) is 37.3 Å². The van der Waals surface area contributed by atoms with Crippen molar-refractivity contribution in [2.75, 3.05) is 6.61 Å². The fourth-order valence-electron chi connectivity index (χ4n) is 4.09. The Kier molecular flexibility index (Phi) is 15.0. The summed E-state index contributed by atoms with van der Waals surface area (Å²) in [7, 11) is 0. The van der Waals surface area contributed by atoms with Gasteiger partial charge in [-0.25, -0.2) is 4.79 Å². The molecule has 0 aliphatic rings. The summed E-state index contributed by atoms with van der Waals surface area (Å²) in [4.78, 5) is 63.7. The molecule has 12 nitrogen and oxygen atoms in total. The number of aliphatic hydroxyl groups is 1. The molecule has 1 rings (SSSR count). The van der Waals surface area contributed by atoms with Gasteiger partial charge in [0.25, 0.3) is 0 Å². The van der Waals surface area contributed by atoms with E-state index >= 15 is 0 Å². The number of rotatable bonds is 17. The van der Waals surface area contributed by atoms with Crippen molar-refractivity contribution in [1.29, 1.82) is 0 Å². The molecule has 0 heterocycles. The van der Waals surface area contributed by atoms with Crippen molar-refractivity contribution in [2.45, 2.75) is 91.0 Å². The van der Waals surface area contributed by atoms with Crippen LogP contribution in [-0.4, -0.2) is 76.6 Å². The molecular formula is C29H47N5O7. The second-order valence-corrected chi connectivity index (χ2v) is 10.9. The molecule has 230 valence electrons. The summed E-state index contributed by atoms with van der Waals surface area (Å²) in [6.07, 6.45) is 1.32. The molecule has 8 N–H and O–H groups in total. The number of carbonyl (C=O) groups excluding carboxylic acids is 4. The van der Waals surface area contributed by atoms with Gasteiger partial charge in [0.1, 0.15) is 24.2 Å². The average Bonchev–Trinajstić information content (AvgIpc) is 2.94. The lowest BCUT2D eigenvalue weighted by Gasteiger charge is -2.29. The second kappa shape index (κ2) is 17.3. The highest BCUT2D eigenvalue weighted by Gasteiger charge is 2.35. The topological polar surface area (TPSA) is 200 Å². The molecule has 0 aromatic heterocycles. The zero-order valence-corrected chi connectivity index (χ0v) is 24.8. The third-order valence-corrected chi connectivity index (χ3v) is 7.27. The van der Waals surface area contributed by atoms with Crippen LogP contribution in [0.25, 0.3) is 0 Å². The van der Waals surface area contributed by atoms with Crippen molar-refractivity contribution in [3.8, 4) is 0 Å². The van der Waals surface area contributed by atoms with Gasteiger partial charge in [0, 0.05) is 0 Å². The molecule has 1 aromatic carbocycles. The summed E-state index contributed by atoms with van der Waals surface area (Å²) >= 11 is 0. The van der Waals surface area contributed by atoms with Crippen molar-refractivity contribution in [1.82, 2.24) is 21.3 Å². The third kappa shape index (κ3) is 11.1. The third-order valence-electron chi connectivity index (χ3n) is 7.27. The first-order valence-electron chi connectivity index (χ1n) is 14.1. The van der Waals surface area contributed by atoms with E-state index in [9.17, 15) is 34.2 Å². The van der Waals surface area contributed by atoms with Crippen LogP contribution in [0.1, 0.15) is 59.9 Å². The maximum Gasteiger partial charge on any atom is 0.326 e. The maximum absolute atomic E-state index is 13.4. The number of carbonyl (C=O) groups is 5. The molecule has 0 bridgehead atoms. The van der Waals surface area contributed by atoms with Crippen molar-refractivity contribution in [3.05, 3.63) is 35.9 Å². The predicted molar refractivity (Wildman–Crippen MR) is 154 cm³/mol. The van der Waals surface area contributed by atoms with Crippen molar-refractivity contribution in [2.24, 2.45) is 23.5 Å². The molecule has 0 saturated heterocycles. The Labute approximate surface area is 242 Å². The van der Waals surface area contributed by atoms with Gasteiger partial charge in [-0.1, -0.05) is 84.7 Å². The minimum Gasteiger partial charge on any atom is -0.480 e. The first-order valence-corrected chi connectivity index (χ1v) is 14.1. The molecule has 0 spiro atoms. The monoisotopic (exact) mass is 577 g/mol. The van der Waals surface area contributed by atoms with Crippen LogP contribution < -0.4 is 27.0 Å². The van der Waals surface area contributed by atoms with Crippen LogP contribution in [0.5, 0.6) is 0 Å². The van der Waals surface area contributed by atoms with Gasteiger partial charge in [0.15, 0.2) is 0 Å². The fourth-order valence-corrected chi connectivity index (χ4v) is 4.09. The highest BCUT2D eigenvalue weighted by atomic mass is 16.4. The van der Waals surface area contributed by atoms with Gasteiger partial charge in [-0.15, -0.1) is 0 Å². The zero-order valence-electron chi connectivity index (χ0n) is 24.8. The lowest BCUT2D eigenvalue weighted by atomic mass is 9.95. The first kappa shape index (κ1) is 35.5. The predicted octanol–water partition coefficient (Wildman–Crippen LogP) is 0.321. The van der Waals surface area contributed by atoms with Crippen LogP contribution >= 0.6 is 0 Å². The number of carboxylic acid groups (broad SMARTS) is 1. The summed E-state index contributed by atoms with van der Waals surface area (Å²) in [5.41, 5.74) is 6.98. The number of hydrogen-bond donors (Lipinski definition) is 7. The Morgan fingerprint density at radius 2 is 1.22 bits per heavy atom. The van der Waals surface area contributed by atoms with Gasteiger partial charge < -0.3 is 37.2 Å². The molecule has 4 amide bonds. The van der Waals surface area contributed by atoms with Gasteiger partial charge >= 0.3 is 5.97 Å². The number of amides is 4. The van der Waals surface area contributed by atoms with E-state index in [0.717, 1.165) is 5.56 Å². The minimum absolute atomic E-state index is 0.281. The number of aliphatic carboxylic acids is 1. The first-order chi connectivity index (χ1) is 19.3. The Morgan fingerprint density at radius 1 is 0.732 bits per heavy atom. The number of aliphatic hydroxyl groups excluding tert-OH is 1. The molecule has 0 fully saturated rings.